The first-order valence-electron chi connectivity index (χ1n) is 16.5. The molecule has 12 nitrogen and oxygen atoms in total. The maximum atomic E-state index is 12.7. The van der Waals surface area contributed by atoms with Crippen molar-refractivity contribution in [1.82, 2.24) is 0 Å². The maximum Gasteiger partial charge on any atom is 0.344 e. The molecule has 0 saturated heterocycles. The minimum absolute atomic E-state index is 0.196. The fourth-order valence-electron chi connectivity index (χ4n) is 6.03. The molecule has 0 radical (unpaired) electrons. The Balaban J connectivity index is 1.13. The lowest BCUT2D eigenvalue weighted by molar-refractivity contribution is -0.154. The van der Waals surface area contributed by atoms with Crippen molar-refractivity contribution in [2.45, 2.75) is 0 Å². The van der Waals surface area contributed by atoms with E-state index in [1.54, 1.807) is 0 Å². The largest absolute Gasteiger partial charge is 0.481 e. The number of rotatable bonds is 0. The molecule has 0 saturated carbocycles. The van der Waals surface area contributed by atoms with Gasteiger partial charge in [-0.1, -0.05) is 97.1 Å². The fourth-order valence-corrected chi connectivity index (χ4v) is 6.03. The standard InChI is InChI=1S/C40H32O12/c41-33-21-49-37-25-9-1-2-10-26(25)38(28-12-4-3-11-27(28)37)50-22-34(42)46-19-20-48-36(44)24-52-40-31-15-7-5-13-29(31)39(30-14-6-8-16-32(30)40)51-23-35(43)47-18-17-45-33/h1-16H,17-24H2. The van der Waals surface area contributed by atoms with E-state index in [9.17, 15) is 19.2 Å². The quantitative estimate of drug-likeness (QED) is 0.109. The van der Waals surface area contributed by atoms with E-state index in [1.165, 1.54) is 0 Å². The molecular weight excluding hydrogens is 672 g/mol. The zero-order valence-corrected chi connectivity index (χ0v) is 27.8. The Kier molecular flexibility index (Phi) is 10.1. The highest BCUT2D eigenvalue weighted by Crippen LogP contribution is 2.44. The summed E-state index contributed by atoms with van der Waals surface area (Å²) in [5, 5.41) is 5.14. The van der Waals surface area contributed by atoms with Crippen LogP contribution in [0.3, 0.4) is 0 Å². The van der Waals surface area contributed by atoms with Crippen LogP contribution in [0.2, 0.25) is 0 Å². The number of benzene rings is 6. The molecule has 264 valence electrons. The van der Waals surface area contributed by atoms with Crippen LogP contribution in [0, 0.1) is 0 Å². The van der Waals surface area contributed by atoms with Crippen LogP contribution in [-0.4, -0.2) is 76.7 Å². The summed E-state index contributed by atoms with van der Waals surface area (Å²) in [5.74, 6) is -0.958. The highest BCUT2D eigenvalue weighted by Gasteiger charge is 2.20. The predicted molar refractivity (Wildman–Crippen MR) is 189 cm³/mol. The Morgan fingerprint density at radius 1 is 0.269 bits per heavy atom. The fraction of sp³-hybridized carbons (Fsp3) is 0.200. The first-order valence-corrected chi connectivity index (χ1v) is 16.5. The maximum absolute atomic E-state index is 12.7. The lowest BCUT2D eigenvalue weighted by Crippen LogP contribution is -2.21. The Morgan fingerprint density at radius 3 is 0.615 bits per heavy atom. The highest BCUT2D eigenvalue weighted by atomic mass is 16.6. The SMILES string of the molecule is O=C1COc2c3ccccc3c(c3ccccc23)OCC(=O)OCCOC(=O)COc2c3ccccc3c(c3ccccc23)OCC(=O)OCCO1. The number of hydrogen-bond acceptors (Lipinski definition) is 12. The van der Waals surface area contributed by atoms with Gasteiger partial charge in [0, 0.05) is 43.1 Å². The molecule has 7 rings (SSSR count). The van der Waals surface area contributed by atoms with E-state index >= 15 is 0 Å². The molecule has 52 heavy (non-hydrogen) atoms. The summed E-state index contributed by atoms with van der Waals surface area (Å²) in [6, 6.07) is 29.0. The summed E-state index contributed by atoms with van der Waals surface area (Å²) in [6.07, 6.45) is 0. The predicted octanol–water partition coefficient (Wildman–Crippen LogP) is 5.70. The van der Waals surface area contributed by atoms with E-state index in [-0.39, 0.29) is 26.4 Å². The molecule has 6 aromatic rings. The van der Waals surface area contributed by atoms with Crippen molar-refractivity contribution in [2.24, 2.45) is 0 Å². The number of carbonyl (C=O) groups is 4. The van der Waals surface area contributed by atoms with Gasteiger partial charge in [0.15, 0.2) is 26.4 Å². The van der Waals surface area contributed by atoms with Gasteiger partial charge in [0.25, 0.3) is 0 Å². The Hall–Kier alpha value is -6.56. The Labute approximate surface area is 296 Å². The zero-order chi connectivity index (χ0) is 35.9. The smallest absolute Gasteiger partial charge is 0.344 e. The van der Waals surface area contributed by atoms with Gasteiger partial charge in [0.05, 0.1) is 0 Å². The number of fused-ring (bicyclic) bond motifs is 6. The lowest BCUT2D eigenvalue weighted by Gasteiger charge is -2.18. The minimum Gasteiger partial charge on any atom is -0.481 e. The Bertz CT molecular complexity index is 1880. The summed E-state index contributed by atoms with van der Waals surface area (Å²) in [7, 11) is 0. The van der Waals surface area contributed by atoms with E-state index in [2.05, 4.69) is 0 Å². The zero-order valence-electron chi connectivity index (χ0n) is 27.8. The van der Waals surface area contributed by atoms with Crippen LogP contribution < -0.4 is 18.9 Å². The van der Waals surface area contributed by atoms with Gasteiger partial charge < -0.3 is 37.9 Å². The summed E-state index contributed by atoms with van der Waals surface area (Å²) in [6.45, 7) is -2.44. The van der Waals surface area contributed by atoms with Gasteiger partial charge in [-0.25, -0.2) is 19.2 Å². The number of hydrogen-bond donors (Lipinski definition) is 0. The summed E-state index contributed by atoms with van der Waals surface area (Å²) in [4.78, 5) is 50.8. The Morgan fingerprint density at radius 2 is 0.442 bits per heavy atom. The van der Waals surface area contributed by atoms with Gasteiger partial charge in [-0.05, 0) is 0 Å². The van der Waals surface area contributed by atoms with Gasteiger partial charge in [0.2, 0.25) is 0 Å². The molecule has 0 spiro atoms. The molecule has 1 heterocycles. The number of ether oxygens (including phenoxy) is 8. The van der Waals surface area contributed by atoms with Gasteiger partial charge in [-0.3, -0.25) is 0 Å². The molecule has 0 amide bonds. The monoisotopic (exact) mass is 704 g/mol. The third kappa shape index (κ3) is 7.31. The van der Waals surface area contributed by atoms with Crippen LogP contribution in [0.5, 0.6) is 23.0 Å². The minimum atomic E-state index is -0.664. The van der Waals surface area contributed by atoms with Crippen LogP contribution >= 0.6 is 0 Å². The number of cyclic esters (lactones) is 4. The molecule has 0 aliphatic carbocycles. The van der Waals surface area contributed by atoms with Crippen LogP contribution in [0.25, 0.3) is 43.1 Å². The molecular formula is C40H32O12. The van der Waals surface area contributed by atoms with Crippen molar-refractivity contribution in [3.05, 3.63) is 97.1 Å². The molecule has 0 atom stereocenters. The highest BCUT2D eigenvalue weighted by molar-refractivity contribution is 6.12. The van der Waals surface area contributed by atoms with Crippen molar-refractivity contribution in [2.75, 3.05) is 52.9 Å². The topological polar surface area (TPSA) is 142 Å². The first-order chi connectivity index (χ1) is 25.5. The molecule has 12 heteroatoms. The second-order valence-electron chi connectivity index (χ2n) is 11.5. The van der Waals surface area contributed by atoms with Gasteiger partial charge in [0.1, 0.15) is 49.4 Å². The van der Waals surface area contributed by atoms with Crippen LogP contribution in [0.1, 0.15) is 0 Å². The second kappa shape index (κ2) is 15.5. The number of esters is 4. The summed E-state index contributed by atoms with van der Waals surface area (Å²) in [5.41, 5.74) is 0. The lowest BCUT2D eigenvalue weighted by atomic mass is 10.0. The normalized spacial score (nSPS) is 15.7. The van der Waals surface area contributed by atoms with Crippen LogP contribution in [0.15, 0.2) is 97.1 Å². The third-order valence-corrected chi connectivity index (χ3v) is 8.22. The average molecular weight is 705 g/mol. The van der Waals surface area contributed by atoms with Crippen molar-refractivity contribution in [3.8, 4) is 23.0 Å². The summed E-state index contributed by atoms with van der Waals surface area (Å²) < 4.78 is 45.2. The molecule has 0 unspecified atom stereocenters. The average Bonchev–Trinajstić information content (AvgIpc) is 3.17. The van der Waals surface area contributed by atoms with E-state index in [4.69, 9.17) is 37.9 Å². The van der Waals surface area contributed by atoms with Gasteiger partial charge in [-0.15, -0.1) is 0 Å². The first kappa shape index (κ1) is 33.9. The van der Waals surface area contributed by atoms with E-state index < -0.39 is 50.3 Å². The van der Waals surface area contributed by atoms with Crippen LogP contribution in [-0.2, 0) is 38.1 Å². The molecule has 4 bridgehead atoms. The van der Waals surface area contributed by atoms with Crippen molar-refractivity contribution >= 4 is 67.0 Å². The van der Waals surface area contributed by atoms with E-state index in [0.29, 0.717) is 66.1 Å². The van der Waals surface area contributed by atoms with Crippen molar-refractivity contribution in [3.63, 3.8) is 0 Å². The molecule has 0 fully saturated rings. The van der Waals surface area contributed by atoms with Crippen LogP contribution in [0.4, 0.5) is 0 Å². The van der Waals surface area contributed by atoms with Crippen molar-refractivity contribution in [1.29, 1.82) is 0 Å². The molecule has 0 N–H and O–H groups in total. The van der Waals surface area contributed by atoms with Gasteiger partial charge in [-0.2, -0.15) is 0 Å². The van der Waals surface area contributed by atoms with E-state index in [1.807, 2.05) is 97.1 Å². The number of carbonyl (C=O) groups excluding carboxylic acids is 4. The molecule has 6 aromatic carbocycles. The second-order valence-corrected chi connectivity index (χ2v) is 11.5. The molecule has 1 aliphatic rings. The molecule has 0 aromatic heterocycles. The third-order valence-electron chi connectivity index (χ3n) is 8.22. The molecule has 1 aliphatic heterocycles. The van der Waals surface area contributed by atoms with E-state index in [0.717, 1.165) is 0 Å². The van der Waals surface area contributed by atoms with Gasteiger partial charge >= 0.3 is 23.9 Å². The summed E-state index contributed by atoms with van der Waals surface area (Å²) >= 11 is 0. The van der Waals surface area contributed by atoms with Crippen molar-refractivity contribution < 1.29 is 57.1 Å².